The minimum Gasteiger partial charge on any atom is -0.497 e. The predicted octanol–water partition coefficient (Wildman–Crippen LogP) is 1.16. The molecule has 0 aliphatic heterocycles. The number of carboxylic acid groups (broad SMARTS) is 1. The number of hydrogen-bond acceptors (Lipinski definition) is 4. The standard InChI is InChI=1S/C18H23N3O5/c1-11(18(24)25)21(7-6-19-12(2)22)17(23)8-13-10-20-16-5-4-14(26-3)9-15(13)16/h4-5,9-11,20H,6-8H2,1-3H3,(H,19,22)(H,24,25). The number of rotatable bonds is 8. The second-order valence-corrected chi connectivity index (χ2v) is 5.99. The molecule has 2 amide bonds. The molecule has 8 heteroatoms. The van der Waals surface area contributed by atoms with Crippen molar-refractivity contribution < 1.29 is 24.2 Å². The van der Waals surface area contributed by atoms with Crippen LogP contribution in [-0.4, -0.2) is 59.0 Å². The predicted molar refractivity (Wildman–Crippen MR) is 96.0 cm³/mol. The Morgan fingerprint density at radius 3 is 2.69 bits per heavy atom. The summed E-state index contributed by atoms with van der Waals surface area (Å²) in [6, 6.07) is 4.51. The number of carbonyl (C=O) groups is 3. The Kier molecular flexibility index (Phi) is 6.21. The number of aromatic nitrogens is 1. The van der Waals surface area contributed by atoms with Gasteiger partial charge in [-0.2, -0.15) is 0 Å². The van der Waals surface area contributed by atoms with Gasteiger partial charge in [-0.25, -0.2) is 4.79 Å². The summed E-state index contributed by atoms with van der Waals surface area (Å²) < 4.78 is 5.22. The van der Waals surface area contributed by atoms with E-state index in [9.17, 15) is 19.5 Å². The Bertz CT molecular complexity index is 814. The van der Waals surface area contributed by atoms with Crippen LogP contribution < -0.4 is 10.1 Å². The van der Waals surface area contributed by atoms with Gasteiger partial charge in [-0.15, -0.1) is 0 Å². The Morgan fingerprint density at radius 1 is 1.35 bits per heavy atom. The Hall–Kier alpha value is -3.03. The molecule has 140 valence electrons. The maximum Gasteiger partial charge on any atom is 0.326 e. The zero-order valence-electron chi connectivity index (χ0n) is 15.0. The number of carbonyl (C=O) groups excluding carboxylic acids is 2. The zero-order valence-corrected chi connectivity index (χ0v) is 15.0. The number of benzene rings is 1. The lowest BCUT2D eigenvalue weighted by Crippen LogP contribution is -2.47. The molecule has 0 saturated heterocycles. The lowest BCUT2D eigenvalue weighted by Gasteiger charge is -2.26. The number of aliphatic carboxylic acids is 1. The number of aromatic amines is 1. The summed E-state index contributed by atoms with van der Waals surface area (Å²) in [7, 11) is 1.57. The fourth-order valence-corrected chi connectivity index (χ4v) is 2.72. The molecule has 2 rings (SSSR count). The van der Waals surface area contributed by atoms with Crippen LogP contribution in [0, 0.1) is 0 Å². The van der Waals surface area contributed by atoms with E-state index in [2.05, 4.69) is 10.3 Å². The number of ether oxygens (including phenoxy) is 1. The summed E-state index contributed by atoms with van der Waals surface area (Å²) in [5.41, 5.74) is 1.62. The lowest BCUT2D eigenvalue weighted by molar-refractivity contribution is -0.149. The van der Waals surface area contributed by atoms with E-state index < -0.39 is 12.0 Å². The van der Waals surface area contributed by atoms with Gasteiger partial charge in [-0.3, -0.25) is 9.59 Å². The van der Waals surface area contributed by atoms with Gasteiger partial charge in [0, 0.05) is 37.1 Å². The first kappa shape index (κ1) is 19.3. The van der Waals surface area contributed by atoms with E-state index in [0.29, 0.717) is 5.75 Å². The van der Waals surface area contributed by atoms with Crippen molar-refractivity contribution in [1.29, 1.82) is 0 Å². The molecule has 1 aromatic carbocycles. The molecule has 1 atom stereocenters. The monoisotopic (exact) mass is 361 g/mol. The van der Waals surface area contributed by atoms with Crippen molar-refractivity contribution in [2.75, 3.05) is 20.2 Å². The molecule has 26 heavy (non-hydrogen) atoms. The molecule has 0 radical (unpaired) electrons. The number of hydrogen-bond donors (Lipinski definition) is 3. The fourth-order valence-electron chi connectivity index (χ4n) is 2.72. The largest absolute Gasteiger partial charge is 0.497 e. The molecule has 1 heterocycles. The van der Waals surface area contributed by atoms with Crippen LogP contribution in [0.1, 0.15) is 19.4 Å². The molecule has 3 N–H and O–H groups in total. The molecule has 1 aromatic heterocycles. The van der Waals surface area contributed by atoms with Crippen LogP contribution in [0.4, 0.5) is 0 Å². The molecule has 0 fully saturated rings. The van der Waals surface area contributed by atoms with E-state index in [0.717, 1.165) is 16.5 Å². The Labute approximate surface area is 151 Å². The molecule has 0 saturated carbocycles. The number of carboxylic acids is 1. The van der Waals surface area contributed by atoms with Crippen LogP contribution in [0.3, 0.4) is 0 Å². The second kappa shape index (κ2) is 8.37. The van der Waals surface area contributed by atoms with E-state index in [-0.39, 0.29) is 31.3 Å². The van der Waals surface area contributed by atoms with Crippen molar-refractivity contribution in [3.63, 3.8) is 0 Å². The van der Waals surface area contributed by atoms with Crippen LogP contribution in [-0.2, 0) is 20.8 Å². The maximum atomic E-state index is 12.7. The van der Waals surface area contributed by atoms with Gasteiger partial charge in [0.25, 0.3) is 0 Å². The fraction of sp³-hybridized carbons (Fsp3) is 0.389. The van der Waals surface area contributed by atoms with Crippen LogP contribution in [0.25, 0.3) is 10.9 Å². The first-order valence-electron chi connectivity index (χ1n) is 8.24. The highest BCUT2D eigenvalue weighted by Gasteiger charge is 2.26. The number of nitrogens with one attached hydrogen (secondary N) is 2. The van der Waals surface area contributed by atoms with E-state index in [1.54, 1.807) is 13.3 Å². The second-order valence-electron chi connectivity index (χ2n) is 5.99. The van der Waals surface area contributed by atoms with Crippen LogP contribution in [0.5, 0.6) is 5.75 Å². The van der Waals surface area contributed by atoms with Crippen molar-refractivity contribution in [3.05, 3.63) is 30.0 Å². The smallest absolute Gasteiger partial charge is 0.326 e. The molecule has 0 bridgehead atoms. The third kappa shape index (κ3) is 4.53. The van der Waals surface area contributed by atoms with Gasteiger partial charge in [-0.1, -0.05) is 0 Å². The molecule has 0 spiro atoms. The summed E-state index contributed by atoms with van der Waals surface area (Å²) in [5.74, 6) is -0.980. The topological polar surface area (TPSA) is 112 Å². The van der Waals surface area contributed by atoms with E-state index in [4.69, 9.17) is 4.74 Å². The molecule has 0 aliphatic rings. The van der Waals surface area contributed by atoms with Gasteiger partial charge >= 0.3 is 5.97 Å². The van der Waals surface area contributed by atoms with E-state index in [1.165, 1.54) is 18.7 Å². The summed E-state index contributed by atoms with van der Waals surface area (Å²) in [5, 5.41) is 12.7. The molecular formula is C18H23N3O5. The quantitative estimate of drug-likeness (QED) is 0.653. The highest BCUT2D eigenvalue weighted by molar-refractivity contribution is 5.91. The normalized spacial score (nSPS) is 11.8. The van der Waals surface area contributed by atoms with Crippen molar-refractivity contribution in [3.8, 4) is 5.75 Å². The van der Waals surface area contributed by atoms with E-state index in [1.807, 2.05) is 18.2 Å². The first-order chi connectivity index (χ1) is 12.3. The van der Waals surface area contributed by atoms with Gasteiger partial charge in [0.15, 0.2) is 0 Å². The van der Waals surface area contributed by atoms with Crippen molar-refractivity contribution >= 4 is 28.7 Å². The lowest BCUT2D eigenvalue weighted by atomic mass is 10.1. The number of H-pyrrole nitrogens is 1. The minimum atomic E-state index is -1.10. The molecule has 1 unspecified atom stereocenters. The third-order valence-electron chi connectivity index (χ3n) is 4.19. The van der Waals surface area contributed by atoms with Crippen LogP contribution >= 0.6 is 0 Å². The summed E-state index contributed by atoms with van der Waals surface area (Å²) >= 11 is 0. The maximum absolute atomic E-state index is 12.7. The first-order valence-corrected chi connectivity index (χ1v) is 8.24. The number of methoxy groups -OCH3 is 1. The van der Waals surface area contributed by atoms with Crippen molar-refractivity contribution in [2.45, 2.75) is 26.3 Å². The van der Waals surface area contributed by atoms with Crippen LogP contribution in [0.2, 0.25) is 0 Å². The average Bonchev–Trinajstić information content (AvgIpc) is 2.99. The Balaban J connectivity index is 2.20. The number of amides is 2. The zero-order chi connectivity index (χ0) is 19.3. The molecule has 2 aromatic rings. The summed E-state index contributed by atoms with van der Waals surface area (Å²) in [6.45, 7) is 3.14. The van der Waals surface area contributed by atoms with Crippen molar-refractivity contribution in [1.82, 2.24) is 15.2 Å². The molecular weight excluding hydrogens is 338 g/mol. The van der Waals surface area contributed by atoms with Gasteiger partial charge in [-0.05, 0) is 30.7 Å². The average molecular weight is 361 g/mol. The number of fused-ring (bicyclic) bond motifs is 1. The number of nitrogens with zero attached hydrogens (tertiary/aromatic N) is 1. The van der Waals surface area contributed by atoms with Crippen LogP contribution in [0.15, 0.2) is 24.4 Å². The highest BCUT2D eigenvalue weighted by atomic mass is 16.5. The molecule has 0 aliphatic carbocycles. The SMILES string of the molecule is COc1ccc2[nH]cc(CC(=O)N(CCNC(C)=O)C(C)C(=O)O)c2c1. The Morgan fingerprint density at radius 2 is 2.08 bits per heavy atom. The van der Waals surface area contributed by atoms with Gasteiger partial charge < -0.3 is 25.0 Å². The highest BCUT2D eigenvalue weighted by Crippen LogP contribution is 2.24. The van der Waals surface area contributed by atoms with E-state index >= 15 is 0 Å². The van der Waals surface area contributed by atoms with Gasteiger partial charge in [0.05, 0.1) is 13.5 Å². The minimum absolute atomic E-state index is 0.0465. The van der Waals surface area contributed by atoms with Gasteiger partial charge in [0.2, 0.25) is 11.8 Å². The van der Waals surface area contributed by atoms with Crippen molar-refractivity contribution in [2.24, 2.45) is 0 Å². The summed E-state index contributed by atoms with van der Waals surface area (Å²) in [4.78, 5) is 39.4. The third-order valence-corrected chi connectivity index (χ3v) is 4.19. The van der Waals surface area contributed by atoms with Gasteiger partial charge in [0.1, 0.15) is 11.8 Å². The summed E-state index contributed by atoms with van der Waals surface area (Å²) in [6.07, 6.45) is 1.78. The molecule has 8 nitrogen and oxygen atoms in total.